The van der Waals surface area contributed by atoms with Crippen molar-refractivity contribution in [2.75, 3.05) is 0 Å². The van der Waals surface area contributed by atoms with Gasteiger partial charge in [-0.15, -0.1) is 0 Å². The Morgan fingerprint density at radius 3 is 1.25 bits per heavy atom. The van der Waals surface area contributed by atoms with Crippen LogP contribution in [0.1, 0.15) is 0 Å². The van der Waals surface area contributed by atoms with Crippen LogP contribution in [-0.2, 0) is 0 Å². The second-order valence-electron chi connectivity index (χ2n) is 1.76. The minimum atomic E-state index is -1.07. The van der Waals surface area contributed by atoms with E-state index in [1.54, 1.807) is 0 Å². The minimum absolute atomic E-state index is 0.407. The molecule has 0 aromatic heterocycles. The summed E-state index contributed by atoms with van der Waals surface area (Å²) in [7, 11) is 5.06. The van der Waals surface area contributed by atoms with Crippen molar-refractivity contribution in [1.29, 1.82) is 0 Å². The van der Waals surface area contributed by atoms with Gasteiger partial charge in [0.1, 0.15) is 0 Å². The van der Waals surface area contributed by atoms with Crippen molar-refractivity contribution in [3.05, 3.63) is 0 Å². The summed E-state index contributed by atoms with van der Waals surface area (Å²) in [5.74, 6) is 0. The van der Waals surface area contributed by atoms with Crippen LogP contribution in [0.25, 0.3) is 0 Å². The third kappa shape index (κ3) is 130. The van der Waals surface area contributed by atoms with Gasteiger partial charge in [0.2, 0.25) is 0 Å². The molecule has 2 radical (unpaired) electrons. The molecule has 4 heteroatoms. The van der Waals surface area contributed by atoms with Crippen LogP contribution in [-0.4, -0.2) is 26.7 Å². The van der Waals surface area contributed by atoms with Crippen molar-refractivity contribution in [1.82, 2.24) is 0 Å². The molecule has 0 rings (SSSR count). The third-order valence-corrected chi connectivity index (χ3v) is 0. The van der Waals surface area contributed by atoms with Crippen LogP contribution in [0.4, 0.5) is 0 Å². The molecule has 0 nitrogen and oxygen atoms in total. The molecule has 0 heterocycles. The van der Waals surface area contributed by atoms with E-state index in [0.717, 1.165) is 0 Å². The van der Waals surface area contributed by atoms with E-state index in [1.165, 1.54) is 0 Å². The number of halogens is 2. The number of rotatable bonds is 0. The molecule has 0 aromatic rings. The molecule has 0 aliphatic rings. The van der Waals surface area contributed by atoms with Crippen molar-refractivity contribution in [3.8, 4) is 0 Å². The van der Waals surface area contributed by atoms with E-state index in [-0.39, 0.29) is 0 Å². The molecule has 0 aliphatic carbocycles. The van der Waals surface area contributed by atoms with E-state index in [4.69, 9.17) is 20.0 Å². The number of hydrogen-bond donors (Lipinski definition) is 0. The van der Waals surface area contributed by atoms with Crippen molar-refractivity contribution < 1.29 is 0 Å². The van der Waals surface area contributed by atoms with Crippen LogP contribution < -0.4 is 0 Å². The van der Waals surface area contributed by atoms with E-state index in [0.29, 0.717) is 0 Å². The summed E-state index contributed by atoms with van der Waals surface area (Å²) in [6.45, 7) is 4.07. The van der Waals surface area contributed by atoms with Crippen molar-refractivity contribution in [2.45, 2.75) is 23.0 Å². The molecule has 0 amide bonds. The van der Waals surface area contributed by atoms with Crippen molar-refractivity contribution >= 4 is 46.7 Å². The van der Waals surface area contributed by atoms with Gasteiger partial charge in [0.05, 0.1) is 0 Å². The molecular formula is C4H12Cl2SiSn. The Balaban J connectivity index is 0. The quantitative estimate of drug-likeness (QED) is 0.472. The van der Waals surface area contributed by atoms with E-state index >= 15 is 0 Å². The SMILES string of the molecule is C[Si](C)Cl.[CH3][Sn]([CH3])[Cl]. The summed E-state index contributed by atoms with van der Waals surface area (Å²) in [5.41, 5.74) is 0. The van der Waals surface area contributed by atoms with Gasteiger partial charge in [0, 0.05) is 0 Å². The molecule has 0 atom stereocenters. The molecule has 0 saturated carbocycles. The first-order chi connectivity index (χ1) is 3.46. The standard InChI is InChI=1S/C2H6ClSi.2CH3.ClH.Sn/c1-4(2)3;;;;/h1-2H3;2*1H3;1H;/q;;;;+1/p-1. The zero-order valence-electron chi connectivity index (χ0n) is 5.76. The Bertz CT molecular complexity index is 29.5. The van der Waals surface area contributed by atoms with Crippen LogP contribution in [0.5, 0.6) is 0 Å². The fraction of sp³-hybridized carbons (Fsp3) is 1.00. The maximum atomic E-state index is 5.47. The Morgan fingerprint density at radius 2 is 1.25 bits per heavy atom. The fourth-order valence-electron chi connectivity index (χ4n) is 0. The molecule has 0 spiro atoms. The van der Waals surface area contributed by atoms with Crippen LogP contribution in [0.15, 0.2) is 0 Å². The van der Waals surface area contributed by atoms with Crippen LogP contribution >= 0.6 is 20.0 Å². The first-order valence-corrected chi connectivity index (χ1v) is 15.2. The van der Waals surface area contributed by atoms with Gasteiger partial charge in [-0.1, -0.05) is 13.1 Å². The summed E-state index contributed by atoms with van der Waals surface area (Å²) < 4.78 is 0. The predicted octanol–water partition coefficient (Wildman–Crippen LogP) is 2.95. The van der Waals surface area contributed by atoms with Crippen LogP contribution in [0.2, 0.25) is 23.0 Å². The summed E-state index contributed by atoms with van der Waals surface area (Å²) in [6, 6.07) is 0. The molecule has 0 saturated heterocycles. The molecule has 50 valence electrons. The first kappa shape index (κ1) is 12.3. The Kier molecular flexibility index (Phi) is 13.2. The van der Waals surface area contributed by atoms with Crippen molar-refractivity contribution in [2.24, 2.45) is 0 Å². The van der Waals surface area contributed by atoms with Gasteiger partial charge >= 0.3 is 37.4 Å². The second kappa shape index (κ2) is 8.60. The van der Waals surface area contributed by atoms with Gasteiger partial charge in [0.25, 0.3) is 0 Å². The number of hydrogen-bond acceptors (Lipinski definition) is 0. The topological polar surface area (TPSA) is 0 Å². The van der Waals surface area contributed by atoms with Crippen molar-refractivity contribution in [3.63, 3.8) is 0 Å². The average Bonchev–Trinajstić information content (AvgIpc) is 1.25. The van der Waals surface area contributed by atoms with Gasteiger partial charge in [-0.3, -0.25) is 0 Å². The molecule has 0 unspecified atom stereocenters. The Labute approximate surface area is 69.3 Å². The van der Waals surface area contributed by atoms with Crippen LogP contribution in [0.3, 0.4) is 0 Å². The summed E-state index contributed by atoms with van der Waals surface area (Å²) >= 11 is 4.31. The normalized spacial score (nSPS) is 9.00. The fourth-order valence-corrected chi connectivity index (χ4v) is 0. The van der Waals surface area contributed by atoms with Crippen LogP contribution in [0, 0.1) is 0 Å². The first-order valence-electron chi connectivity index (χ1n) is 2.38. The Morgan fingerprint density at radius 1 is 1.25 bits per heavy atom. The molecule has 0 aromatic carbocycles. The van der Waals surface area contributed by atoms with E-state index in [9.17, 15) is 0 Å². The molecule has 0 aliphatic heterocycles. The Hall–Kier alpha value is 1.60. The zero-order valence-corrected chi connectivity index (χ0v) is 11.1. The summed E-state index contributed by atoms with van der Waals surface area (Å²) in [6.07, 6.45) is 0. The zero-order chi connectivity index (χ0) is 7.15. The van der Waals surface area contributed by atoms with Gasteiger partial charge in [-0.25, -0.2) is 0 Å². The van der Waals surface area contributed by atoms with Gasteiger partial charge in [-0.05, 0) is 0 Å². The van der Waals surface area contributed by atoms with E-state index in [2.05, 4.69) is 9.88 Å². The third-order valence-electron chi connectivity index (χ3n) is 0. The maximum absolute atomic E-state index is 5.47. The van der Waals surface area contributed by atoms with Gasteiger partial charge in [0.15, 0.2) is 8.11 Å². The average molecular weight is 278 g/mol. The van der Waals surface area contributed by atoms with E-state index in [1.807, 2.05) is 13.1 Å². The molecule has 0 N–H and O–H groups in total. The monoisotopic (exact) mass is 278 g/mol. The van der Waals surface area contributed by atoms with Gasteiger partial charge in [-0.2, -0.15) is 11.1 Å². The summed E-state index contributed by atoms with van der Waals surface area (Å²) in [5, 5.41) is 0. The molecule has 8 heavy (non-hydrogen) atoms. The molecule has 0 bridgehead atoms. The molecular weight excluding hydrogens is 266 g/mol. The molecule has 0 fully saturated rings. The van der Waals surface area contributed by atoms with Gasteiger partial charge < -0.3 is 0 Å². The predicted molar refractivity (Wildman–Crippen MR) is 46.7 cm³/mol. The summed E-state index contributed by atoms with van der Waals surface area (Å²) in [4.78, 5) is 4.26. The van der Waals surface area contributed by atoms with E-state index < -0.39 is 26.7 Å². The second-order valence-corrected chi connectivity index (χ2v) is 15.9.